The number of likely N-dealkylation sites (tertiary alicyclic amines) is 1. The second-order valence-corrected chi connectivity index (χ2v) is 5.12. The van der Waals surface area contributed by atoms with Crippen molar-refractivity contribution >= 4 is 11.4 Å². The van der Waals surface area contributed by atoms with Gasteiger partial charge in [-0.05, 0) is 24.4 Å². The fourth-order valence-electron chi connectivity index (χ4n) is 2.79. The summed E-state index contributed by atoms with van der Waals surface area (Å²) >= 11 is 0. The maximum Gasteiger partial charge on any atom is 0.292 e. The average molecular weight is 263 g/mol. The third-order valence-electron chi connectivity index (χ3n) is 3.92. The standard InChI is InChI=1S/C14H21N3O2/c1-3-11-7-8-16(9-11)10-12-5-4-6-13(17(18)19)14(12)15-2/h4-6,11,15H,3,7-10H2,1-2H3. The molecule has 0 bridgehead atoms. The molecule has 1 aliphatic heterocycles. The molecule has 1 aliphatic rings. The van der Waals surface area contributed by atoms with Crippen molar-refractivity contribution in [1.82, 2.24) is 4.90 Å². The lowest BCUT2D eigenvalue weighted by Gasteiger charge is -2.18. The Bertz CT molecular complexity index is 462. The Kier molecular flexibility index (Phi) is 4.37. The van der Waals surface area contributed by atoms with Crippen LogP contribution in [0.15, 0.2) is 18.2 Å². The van der Waals surface area contributed by atoms with Crippen molar-refractivity contribution in [1.29, 1.82) is 0 Å². The van der Waals surface area contributed by atoms with E-state index in [9.17, 15) is 10.1 Å². The van der Waals surface area contributed by atoms with Crippen molar-refractivity contribution < 1.29 is 4.92 Å². The largest absolute Gasteiger partial charge is 0.382 e. The van der Waals surface area contributed by atoms with Crippen LogP contribution in [-0.2, 0) is 6.54 Å². The molecule has 1 unspecified atom stereocenters. The summed E-state index contributed by atoms with van der Waals surface area (Å²) in [4.78, 5) is 13.1. The van der Waals surface area contributed by atoms with Gasteiger partial charge in [-0.25, -0.2) is 0 Å². The lowest BCUT2D eigenvalue weighted by atomic mass is 10.1. The number of nitro benzene ring substituents is 1. The lowest BCUT2D eigenvalue weighted by molar-refractivity contribution is -0.384. The zero-order chi connectivity index (χ0) is 13.8. The second-order valence-electron chi connectivity index (χ2n) is 5.12. The number of nitrogens with one attached hydrogen (secondary N) is 1. The fraction of sp³-hybridized carbons (Fsp3) is 0.571. The minimum atomic E-state index is -0.325. The minimum Gasteiger partial charge on any atom is -0.382 e. The van der Waals surface area contributed by atoms with Gasteiger partial charge in [0.15, 0.2) is 0 Å². The van der Waals surface area contributed by atoms with Crippen LogP contribution in [-0.4, -0.2) is 30.0 Å². The number of hydrogen-bond acceptors (Lipinski definition) is 4. The molecule has 1 N–H and O–H groups in total. The Morgan fingerprint density at radius 3 is 2.89 bits per heavy atom. The van der Waals surface area contributed by atoms with E-state index < -0.39 is 0 Å². The van der Waals surface area contributed by atoms with E-state index in [4.69, 9.17) is 0 Å². The van der Waals surface area contributed by atoms with E-state index in [1.165, 1.54) is 12.8 Å². The third kappa shape index (κ3) is 3.04. The molecule has 1 saturated heterocycles. The summed E-state index contributed by atoms with van der Waals surface area (Å²) in [6.45, 7) is 5.20. The first kappa shape index (κ1) is 13.8. The molecule has 5 nitrogen and oxygen atoms in total. The highest BCUT2D eigenvalue weighted by Crippen LogP contribution is 2.30. The number of para-hydroxylation sites is 1. The highest BCUT2D eigenvalue weighted by atomic mass is 16.6. The van der Waals surface area contributed by atoms with Crippen LogP contribution < -0.4 is 5.32 Å². The predicted molar refractivity (Wildman–Crippen MR) is 76.3 cm³/mol. The molecule has 1 atom stereocenters. The van der Waals surface area contributed by atoms with E-state index in [1.807, 2.05) is 6.07 Å². The molecule has 0 amide bonds. The number of rotatable bonds is 5. The zero-order valence-corrected chi connectivity index (χ0v) is 11.6. The predicted octanol–water partition coefficient (Wildman–Crippen LogP) is 2.87. The number of anilines is 1. The Morgan fingerprint density at radius 2 is 2.32 bits per heavy atom. The van der Waals surface area contributed by atoms with Crippen LogP contribution in [0.5, 0.6) is 0 Å². The summed E-state index contributed by atoms with van der Waals surface area (Å²) in [5.74, 6) is 0.775. The summed E-state index contributed by atoms with van der Waals surface area (Å²) in [7, 11) is 1.74. The van der Waals surface area contributed by atoms with Crippen LogP contribution in [0.2, 0.25) is 0 Å². The highest BCUT2D eigenvalue weighted by molar-refractivity contribution is 5.66. The van der Waals surface area contributed by atoms with Gasteiger partial charge in [-0.3, -0.25) is 15.0 Å². The first-order valence-electron chi connectivity index (χ1n) is 6.82. The van der Waals surface area contributed by atoms with Crippen LogP contribution >= 0.6 is 0 Å². The van der Waals surface area contributed by atoms with E-state index >= 15 is 0 Å². The molecule has 0 aliphatic carbocycles. The molecule has 19 heavy (non-hydrogen) atoms. The van der Waals surface area contributed by atoms with Crippen LogP contribution in [0.3, 0.4) is 0 Å². The van der Waals surface area contributed by atoms with Gasteiger partial charge < -0.3 is 5.32 Å². The van der Waals surface area contributed by atoms with Gasteiger partial charge in [-0.2, -0.15) is 0 Å². The molecule has 1 fully saturated rings. The molecule has 104 valence electrons. The summed E-state index contributed by atoms with van der Waals surface area (Å²) in [5, 5.41) is 14.0. The summed E-state index contributed by atoms with van der Waals surface area (Å²) in [6.07, 6.45) is 2.45. The molecule has 1 aromatic carbocycles. The van der Waals surface area contributed by atoms with Crippen molar-refractivity contribution in [2.24, 2.45) is 5.92 Å². The van der Waals surface area contributed by atoms with Gasteiger partial charge in [0.1, 0.15) is 5.69 Å². The molecule has 0 radical (unpaired) electrons. The van der Waals surface area contributed by atoms with Gasteiger partial charge in [0.05, 0.1) is 4.92 Å². The Morgan fingerprint density at radius 1 is 1.53 bits per heavy atom. The Hall–Kier alpha value is -1.62. The molecule has 0 spiro atoms. The van der Waals surface area contributed by atoms with E-state index in [-0.39, 0.29) is 10.6 Å². The smallest absolute Gasteiger partial charge is 0.292 e. The third-order valence-corrected chi connectivity index (χ3v) is 3.92. The summed E-state index contributed by atoms with van der Waals surface area (Å²) in [6, 6.07) is 5.29. The van der Waals surface area contributed by atoms with Gasteiger partial charge >= 0.3 is 0 Å². The van der Waals surface area contributed by atoms with Crippen molar-refractivity contribution in [3.8, 4) is 0 Å². The number of nitrogens with zero attached hydrogens (tertiary/aromatic N) is 2. The van der Waals surface area contributed by atoms with Crippen molar-refractivity contribution in [3.05, 3.63) is 33.9 Å². The lowest BCUT2D eigenvalue weighted by Crippen LogP contribution is -2.20. The molecule has 1 heterocycles. The maximum atomic E-state index is 11.0. The van der Waals surface area contributed by atoms with E-state index in [2.05, 4.69) is 17.1 Å². The summed E-state index contributed by atoms with van der Waals surface area (Å²) in [5.41, 5.74) is 1.81. The molecule has 5 heteroatoms. The molecule has 2 rings (SSSR count). The van der Waals surface area contributed by atoms with Gasteiger partial charge in [-0.15, -0.1) is 0 Å². The van der Waals surface area contributed by atoms with E-state index in [0.29, 0.717) is 5.69 Å². The summed E-state index contributed by atoms with van der Waals surface area (Å²) < 4.78 is 0. The number of nitro groups is 1. The first-order chi connectivity index (χ1) is 9.15. The normalized spacial score (nSPS) is 19.6. The fourth-order valence-corrected chi connectivity index (χ4v) is 2.79. The van der Waals surface area contributed by atoms with Crippen LogP contribution in [0.4, 0.5) is 11.4 Å². The van der Waals surface area contributed by atoms with Crippen LogP contribution in [0.25, 0.3) is 0 Å². The van der Waals surface area contributed by atoms with Crippen molar-refractivity contribution in [2.45, 2.75) is 26.3 Å². The highest BCUT2D eigenvalue weighted by Gasteiger charge is 2.23. The molecular weight excluding hydrogens is 242 g/mol. The number of hydrogen-bond donors (Lipinski definition) is 1. The monoisotopic (exact) mass is 263 g/mol. The van der Waals surface area contributed by atoms with Crippen molar-refractivity contribution in [2.75, 3.05) is 25.5 Å². The SMILES string of the molecule is CCC1CCN(Cc2cccc([N+](=O)[O-])c2NC)C1. The van der Waals surface area contributed by atoms with Crippen LogP contribution in [0.1, 0.15) is 25.3 Å². The van der Waals surface area contributed by atoms with E-state index in [1.54, 1.807) is 19.2 Å². The molecular formula is C14H21N3O2. The van der Waals surface area contributed by atoms with Crippen LogP contribution in [0, 0.1) is 16.0 Å². The zero-order valence-electron chi connectivity index (χ0n) is 11.6. The van der Waals surface area contributed by atoms with Gasteiger partial charge in [0.2, 0.25) is 0 Å². The topological polar surface area (TPSA) is 58.4 Å². The van der Waals surface area contributed by atoms with E-state index in [0.717, 1.165) is 31.1 Å². The number of benzene rings is 1. The first-order valence-corrected chi connectivity index (χ1v) is 6.82. The van der Waals surface area contributed by atoms with Gasteiger partial charge in [-0.1, -0.05) is 25.5 Å². The molecule has 0 aromatic heterocycles. The quantitative estimate of drug-likeness (QED) is 0.655. The molecule has 1 aromatic rings. The van der Waals surface area contributed by atoms with Gasteiger partial charge in [0.25, 0.3) is 5.69 Å². The Labute approximate surface area is 113 Å². The van der Waals surface area contributed by atoms with Gasteiger partial charge in [0, 0.05) is 26.2 Å². The molecule has 0 saturated carbocycles. The maximum absolute atomic E-state index is 11.0. The Balaban J connectivity index is 2.16. The average Bonchev–Trinajstić information content (AvgIpc) is 2.86. The van der Waals surface area contributed by atoms with Crippen molar-refractivity contribution in [3.63, 3.8) is 0 Å². The second kappa shape index (κ2) is 6.02. The minimum absolute atomic E-state index is 0.159.